The monoisotopic (exact) mass is 791 g/mol. The summed E-state index contributed by atoms with van der Waals surface area (Å²) in [6, 6.07) is 76.0. The molecule has 0 radical (unpaired) electrons. The molecule has 1 aromatic heterocycles. The molecule has 2 aliphatic heterocycles. The molecular formula is C58H37N3O. The van der Waals surface area contributed by atoms with Crippen LogP contribution in [0.25, 0.3) is 66.9 Å². The van der Waals surface area contributed by atoms with Crippen LogP contribution in [0.1, 0.15) is 39.4 Å². The van der Waals surface area contributed by atoms with E-state index in [9.17, 15) is 0 Å². The Bertz CT molecular complexity index is 3370. The molecule has 0 fully saturated rings. The molecule has 13 rings (SSSR count). The Balaban J connectivity index is 1.03. The summed E-state index contributed by atoms with van der Waals surface area (Å²) < 4.78 is 6.68. The van der Waals surface area contributed by atoms with Crippen molar-refractivity contribution >= 4 is 16.7 Å². The maximum absolute atomic E-state index is 6.68. The summed E-state index contributed by atoms with van der Waals surface area (Å²) in [4.78, 5) is 10.6. The normalized spacial score (nSPS) is 14.7. The average Bonchev–Trinajstić information content (AvgIpc) is 3.62. The van der Waals surface area contributed by atoms with Gasteiger partial charge in [0.2, 0.25) is 0 Å². The van der Waals surface area contributed by atoms with Crippen LogP contribution in [0.3, 0.4) is 0 Å². The lowest BCUT2D eigenvalue weighted by Crippen LogP contribution is -2.32. The highest BCUT2D eigenvalue weighted by Crippen LogP contribution is 2.63. The molecule has 0 bridgehead atoms. The average molecular weight is 792 g/mol. The topological polar surface area (TPSA) is 47.0 Å². The predicted molar refractivity (Wildman–Crippen MR) is 251 cm³/mol. The second-order valence-electron chi connectivity index (χ2n) is 16.5. The van der Waals surface area contributed by atoms with Crippen LogP contribution in [0.15, 0.2) is 212 Å². The second kappa shape index (κ2) is 13.5. The van der Waals surface area contributed by atoms with E-state index in [4.69, 9.17) is 14.7 Å². The molecule has 4 nitrogen and oxygen atoms in total. The Kier molecular flexibility index (Phi) is 7.55. The van der Waals surface area contributed by atoms with Gasteiger partial charge in [0, 0.05) is 33.5 Å². The van der Waals surface area contributed by atoms with E-state index in [-0.39, 0.29) is 6.04 Å². The lowest BCUT2D eigenvalue weighted by atomic mass is 9.65. The molecule has 1 N–H and O–H groups in total. The second-order valence-corrected chi connectivity index (χ2v) is 16.5. The molecule has 1 unspecified atom stereocenters. The van der Waals surface area contributed by atoms with E-state index in [1.54, 1.807) is 0 Å². The molecular weight excluding hydrogens is 755 g/mol. The largest absolute Gasteiger partial charge is 0.457 e. The minimum absolute atomic E-state index is 0.0426. The Hall–Kier alpha value is -8.08. The van der Waals surface area contributed by atoms with Crippen molar-refractivity contribution in [3.63, 3.8) is 0 Å². The van der Waals surface area contributed by atoms with Crippen molar-refractivity contribution in [2.24, 2.45) is 0 Å². The standard InChI is InChI=1S/C58H37N3O/c1-4-16-36(17-5-1)55-45-34-43-41-22-10-11-23-46(41)58(47-24-12-14-26-53(47)62-54-27-15-13-25-48(54)58)49(43)35-42(45)44-32-39(28-30-50(44)59-55)40-29-31-51-52(33-40)61-57(38-20-8-3-9-21-38)56(60-51)37-18-6-2-7-19-37/h1-35,55,59H. The van der Waals surface area contributed by atoms with Gasteiger partial charge in [0.15, 0.2) is 0 Å². The van der Waals surface area contributed by atoms with Crippen molar-refractivity contribution in [1.82, 2.24) is 9.97 Å². The molecule has 1 atom stereocenters. The van der Waals surface area contributed by atoms with Crippen LogP contribution < -0.4 is 10.1 Å². The molecule has 9 aromatic carbocycles. The SMILES string of the molecule is c1ccc(-c2nc3ccc(-c4ccc5c(c4)-c4cc6c(cc4C(c4ccccc4)N5)-c4ccccc4C64c5ccccc5Oc5ccccc54)cc3nc2-c2ccccc2)cc1. The first kappa shape index (κ1) is 34.8. The third-order valence-electron chi connectivity index (χ3n) is 13.2. The van der Waals surface area contributed by atoms with Crippen LogP contribution in [-0.4, -0.2) is 9.97 Å². The first-order valence-corrected chi connectivity index (χ1v) is 21.3. The maximum atomic E-state index is 6.68. The van der Waals surface area contributed by atoms with Gasteiger partial charge in [0.05, 0.1) is 33.9 Å². The summed E-state index contributed by atoms with van der Waals surface area (Å²) in [6.07, 6.45) is 0. The van der Waals surface area contributed by atoms with Crippen LogP contribution >= 0.6 is 0 Å². The number of hydrogen-bond acceptors (Lipinski definition) is 4. The van der Waals surface area contributed by atoms with E-state index < -0.39 is 5.41 Å². The predicted octanol–water partition coefficient (Wildman–Crippen LogP) is 14.3. The number of nitrogens with one attached hydrogen (secondary N) is 1. The van der Waals surface area contributed by atoms with Crippen molar-refractivity contribution < 1.29 is 4.74 Å². The first-order chi connectivity index (χ1) is 30.7. The van der Waals surface area contributed by atoms with Crippen molar-refractivity contribution in [3.05, 3.63) is 246 Å². The van der Waals surface area contributed by atoms with Gasteiger partial charge < -0.3 is 10.1 Å². The van der Waals surface area contributed by atoms with E-state index >= 15 is 0 Å². The number of ether oxygens (including phenoxy) is 1. The van der Waals surface area contributed by atoms with Crippen molar-refractivity contribution in [2.75, 3.05) is 5.32 Å². The fraction of sp³-hybridized carbons (Fsp3) is 0.0345. The quantitative estimate of drug-likeness (QED) is 0.193. The Labute approximate surface area is 359 Å². The molecule has 0 saturated carbocycles. The highest BCUT2D eigenvalue weighted by molar-refractivity contribution is 5.96. The molecule has 0 amide bonds. The molecule has 1 spiro atoms. The number of para-hydroxylation sites is 2. The molecule has 10 aromatic rings. The van der Waals surface area contributed by atoms with E-state index in [0.717, 1.165) is 73.0 Å². The number of benzene rings is 9. The zero-order valence-corrected chi connectivity index (χ0v) is 33.6. The van der Waals surface area contributed by atoms with Gasteiger partial charge in [-0.2, -0.15) is 0 Å². The van der Waals surface area contributed by atoms with Crippen molar-refractivity contribution in [3.8, 4) is 67.4 Å². The molecule has 3 aliphatic rings. The molecule has 3 heterocycles. The Morgan fingerprint density at radius 3 is 1.65 bits per heavy atom. The summed E-state index contributed by atoms with van der Waals surface area (Å²) >= 11 is 0. The molecule has 0 saturated heterocycles. The Morgan fingerprint density at radius 1 is 0.387 bits per heavy atom. The van der Waals surface area contributed by atoms with E-state index in [0.29, 0.717) is 0 Å². The fourth-order valence-electron chi connectivity index (χ4n) is 10.4. The van der Waals surface area contributed by atoms with Gasteiger partial charge in [-0.1, -0.05) is 164 Å². The van der Waals surface area contributed by atoms with Gasteiger partial charge in [-0.3, -0.25) is 0 Å². The number of fused-ring (bicyclic) bond motifs is 13. The lowest BCUT2D eigenvalue weighted by molar-refractivity contribution is 0.436. The van der Waals surface area contributed by atoms with E-state index in [1.165, 1.54) is 44.5 Å². The van der Waals surface area contributed by atoms with Gasteiger partial charge in [0.1, 0.15) is 11.5 Å². The fourth-order valence-corrected chi connectivity index (χ4v) is 10.4. The van der Waals surface area contributed by atoms with Gasteiger partial charge >= 0.3 is 0 Å². The number of hydrogen-bond donors (Lipinski definition) is 1. The maximum Gasteiger partial charge on any atom is 0.132 e. The number of anilines is 1. The summed E-state index contributed by atoms with van der Waals surface area (Å²) in [5.74, 6) is 1.78. The van der Waals surface area contributed by atoms with Crippen molar-refractivity contribution in [2.45, 2.75) is 11.5 Å². The zero-order chi connectivity index (χ0) is 40.8. The lowest BCUT2D eigenvalue weighted by Gasteiger charge is -2.40. The third-order valence-corrected chi connectivity index (χ3v) is 13.2. The molecule has 1 aliphatic carbocycles. The van der Waals surface area contributed by atoms with E-state index in [2.05, 4.69) is 206 Å². The minimum atomic E-state index is -0.566. The van der Waals surface area contributed by atoms with Crippen molar-refractivity contribution in [1.29, 1.82) is 0 Å². The number of aromatic nitrogens is 2. The highest BCUT2D eigenvalue weighted by Gasteiger charge is 2.51. The van der Waals surface area contributed by atoms with Crippen LogP contribution in [0.4, 0.5) is 5.69 Å². The van der Waals surface area contributed by atoms with Crippen LogP contribution in [0, 0.1) is 0 Å². The molecule has 290 valence electrons. The smallest absolute Gasteiger partial charge is 0.132 e. The minimum Gasteiger partial charge on any atom is -0.457 e. The summed E-state index contributed by atoms with van der Waals surface area (Å²) in [5, 5.41) is 4.00. The first-order valence-electron chi connectivity index (χ1n) is 21.3. The van der Waals surface area contributed by atoms with Gasteiger partial charge in [0.25, 0.3) is 0 Å². The van der Waals surface area contributed by atoms with Gasteiger partial charge in [-0.25, -0.2) is 9.97 Å². The summed E-state index contributed by atoms with van der Waals surface area (Å²) in [6.45, 7) is 0. The summed E-state index contributed by atoms with van der Waals surface area (Å²) in [5.41, 5.74) is 20.6. The zero-order valence-electron chi connectivity index (χ0n) is 33.6. The number of rotatable bonds is 4. The van der Waals surface area contributed by atoms with Gasteiger partial charge in [-0.05, 0) is 98.6 Å². The number of nitrogens with zero attached hydrogens (tertiary/aromatic N) is 2. The van der Waals surface area contributed by atoms with Crippen LogP contribution in [-0.2, 0) is 5.41 Å². The highest BCUT2D eigenvalue weighted by atomic mass is 16.5. The van der Waals surface area contributed by atoms with Crippen LogP contribution in [0.5, 0.6) is 11.5 Å². The van der Waals surface area contributed by atoms with E-state index in [1.807, 2.05) is 12.1 Å². The summed E-state index contributed by atoms with van der Waals surface area (Å²) in [7, 11) is 0. The van der Waals surface area contributed by atoms with Gasteiger partial charge in [-0.15, -0.1) is 0 Å². The third kappa shape index (κ3) is 5.07. The molecule has 62 heavy (non-hydrogen) atoms. The molecule has 4 heteroatoms. The Morgan fingerprint density at radius 2 is 0.952 bits per heavy atom. The van der Waals surface area contributed by atoms with Crippen LogP contribution in [0.2, 0.25) is 0 Å².